The average molecular weight is 256 g/mol. The Morgan fingerprint density at radius 3 is 2.83 bits per heavy atom. The number of hydrogen-bond acceptors (Lipinski definition) is 3. The van der Waals surface area contributed by atoms with E-state index >= 15 is 0 Å². The molecule has 0 unspecified atom stereocenters. The summed E-state index contributed by atoms with van der Waals surface area (Å²) in [6, 6.07) is 1.78. The molecule has 12 heavy (non-hydrogen) atoms. The largest absolute Gasteiger partial charge is 0.417 e. The molecule has 0 saturated heterocycles. The van der Waals surface area contributed by atoms with Crippen molar-refractivity contribution in [3.63, 3.8) is 0 Å². The molecular formula is C8H7O2SY-. The molecule has 1 rings (SSSR count). The molecule has 1 aromatic rings. The molecule has 0 aliphatic rings. The van der Waals surface area contributed by atoms with Gasteiger partial charge in [-0.15, -0.1) is 6.07 Å². The molecule has 0 bridgehead atoms. The van der Waals surface area contributed by atoms with Gasteiger partial charge in [0.15, 0.2) is 0 Å². The SMILES string of the molecule is CC(=O)Cc1ccsc1[C-]=O.[Y]. The summed E-state index contributed by atoms with van der Waals surface area (Å²) in [6.45, 7) is 1.51. The van der Waals surface area contributed by atoms with E-state index < -0.39 is 0 Å². The molecule has 0 aromatic carbocycles. The Balaban J connectivity index is 0.00000121. The molecule has 0 spiro atoms. The van der Waals surface area contributed by atoms with Crippen molar-refractivity contribution in [2.45, 2.75) is 13.3 Å². The number of Topliss-reactive ketones (excluding diaryl/α,β-unsaturated/α-hetero) is 1. The molecule has 0 fully saturated rings. The van der Waals surface area contributed by atoms with Gasteiger partial charge >= 0.3 is 0 Å². The summed E-state index contributed by atoms with van der Waals surface area (Å²) in [4.78, 5) is 21.4. The zero-order valence-corrected chi connectivity index (χ0v) is 10.3. The van der Waals surface area contributed by atoms with Crippen LogP contribution in [0.3, 0.4) is 0 Å². The van der Waals surface area contributed by atoms with E-state index in [9.17, 15) is 9.59 Å². The number of rotatable bonds is 3. The zero-order valence-electron chi connectivity index (χ0n) is 6.66. The Bertz CT molecular complexity index is 280. The Kier molecular flexibility index (Phi) is 5.80. The van der Waals surface area contributed by atoms with Crippen molar-refractivity contribution in [3.05, 3.63) is 21.9 Å². The third kappa shape index (κ3) is 3.25. The van der Waals surface area contributed by atoms with E-state index in [2.05, 4.69) is 0 Å². The first-order valence-electron chi connectivity index (χ1n) is 3.18. The normalized spacial score (nSPS) is 8.75. The first kappa shape index (κ1) is 12.1. The van der Waals surface area contributed by atoms with Crippen molar-refractivity contribution in [1.29, 1.82) is 0 Å². The van der Waals surface area contributed by atoms with Crippen molar-refractivity contribution in [2.75, 3.05) is 0 Å². The van der Waals surface area contributed by atoms with Crippen LogP contribution in [-0.4, -0.2) is 12.1 Å². The van der Waals surface area contributed by atoms with Crippen LogP contribution >= 0.6 is 11.3 Å². The predicted molar refractivity (Wildman–Crippen MR) is 43.5 cm³/mol. The summed E-state index contributed by atoms with van der Waals surface area (Å²) in [5, 5.41) is 1.79. The van der Waals surface area contributed by atoms with Gasteiger partial charge in [-0.2, -0.15) is 16.9 Å². The second-order valence-electron chi connectivity index (χ2n) is 2.26. The van der Waals surface area contributed by atoms with Crippen molar-refractivity contribution < 1.29 is 42.3 Å². The van der Waals surface area contributed by atoms with Crippen molar-refractivity contribution in [2.24, 2.45) is 0 Å². The second kappa shape index (κ2) is 5.73. The number of carbonyl (C=O) groups excluding carboxylic acids is 2. The van der Waals surface area contributed by atoms with Crippen LogP contribution in [-0.2, 0) is 48.7 Å². The summed E-state index contributed by atoms with van der Waals surface area (Å²) in [7, 11) is 0. The standard InChI is InChI=1S/C8H7O2S.Y/c1-6(10)4-7-2-3-11-8(7)5-9;/h2-3H,4H2,1H3;/q-1;. The minimum atomic E-state index is 0. The van der Waals surface area contributed by atoms with Gasteiger partial charge in [-0.25, -0.2) is 0 Å². The monoisotopic (exact) mass is 256 g/mol. The summed E-state index contributed by atoms with van der Waals surface area (Å²) in [5.74, 6) is 0.0694. The van der Waals surface area contributed by atoms with E-state index in [1.807, 2.05) is 0 Å². The third-order valence-corrected chi connectivity index (χ3v) is 2.13. The molecule has 0 saturated carbocycles. The Morgan fingerprint density at radius 2 is 2.33 bits per heavy atom. The summed E-state index contributed by atoms with van der Waals surface area (Å²) < 4.78 is 0. The average Bonchev–Trinajstić information content (AvgIpc) is 2.34. The number of hydrogen-bond donors (Lipinski definition) is 0. The molecule has 0 N–H and O–H groups in total. The van der Waals surface area contributed by atoms with Crippen LogP contribution in [0, 0.1) is 0 Å². The maximum Gasteiger partial charge on any atom is 0.117 e. The van der Waals surface area contributed by atoms with E-state index in [1.54, 1.807) is 17.7 Å². The van der Waals surface area contributed by atoms with Crippen molar-refractivity contribution >= 4 is 23.4 Å². The van der Waals surface area contributed by atoms with Gasteiger partial charge < -0.3 is 9.59 Å². The van der Waals surface area contributed by atoms with Gasteiger partial charge in [0.05, 0.1) is 0 Å². The number of carbonyl (C=O) groups is 1. The molecule has 0 atom stereocenters. The molecular weight excluding hydrogens is 249 g/mol. The fraction of sp³-hybridized carbons (Fsp3) is 0.250. The van der Waals surface area contributed by atoms with Crippen LogP contribution < -0.4 is 0 Å². The Labute approximate surface area is 100 Å². The molecule has 0 aliphatic carbocycles. The maximum absolute atomic E-state index is 10.7. The first-order chi connectivity index (χ1) is 5.24. The van der Waals surface area contributed by atoms with Gasteiger partial charge in [0, 0.05) is 39.0 Å². The molecule has 1 radical (unpaired) electrons. The van der Waals surface area contributed by atoms with E-state index in [4.69, 9.17) is 0 Å². The van der Waals surface area contributed by atoms with Gasteiger partial charge in [0.2, 0.25) is 0 Å². The van der Waals surface area contributed by atoms with Crippen LogP contribution in [0.4, 0.5) is 0 Å². The summed E-state index contributed by atoms with van der Waals surface area (Å²) >= 11 is 1.32. The fourth-order valence-electron chi connectivity index (χ4n) is 0.833. The van der Waals surface area contributed by atoms with Crippen molar-refractivity contribution in [1.82, 2.24) is 0 Å². The van der Waals surface area contributed by atoms with E-state index in [1.165, 1.54) is 18.3 Å². The molecule has 0 amide bonds. The zero-order chi connectivity index (χ0) is 8.27. The van der Waals surface area contributed by atoms with E-state index in [-0.39, 0.29) is 38.5 Å². The molecule has 4 heteroatoms. The molecule has 1 heterocycles. The smallest absolute Gasteiger partial charge is 0.117 e. The minimum absolute atomic E-state index is 0. The Morgan fingerprint density at radius 1 is 1.67 bits per heavy atom. The topological polar surface area (TPSA) is 34.1 Å². The second-order valence-corrected chi connectivity index (χ2v) is 3.17. The van der Waals surface area contributed by atoms with Gasteiger partial charge in [-0.3, -0.25) is 0 Å². The quantitative estimate of drug-likeness (QED) is 0.765. The van der Waals surface area contributed by atoms with Gasteiger partial charge in [-0.1, -0.05) is 4.88 Å². The molecule has 2 nitrogen and oxygen atoms in total. The van der Waals surface area contributed by atoms with Crippen LogP contribution in [0.25, 0.3) is 0 Å². The number of ketones is 1. The van der Waals surface area contributed by atoms with Crippen LogP contribution in [0.2, 0.25) is 0 Å². The minimum Gasteiger partial charge on any atom is -0.417 e. The van der Waals surface area contributed by atoms with Crippen molar-refractivity contribution in [3.8, 4) is 0 Å². The summed E-state index contributed by atoms with van der Waals surface area (Å²) in [6.07, 6.45) is 2.14. The number of thiophene rings is 1. The van der Waals surface area contributed by atoms with Crippen LogP contribution in [0.1, 0.15) is 17.4 Å². The van der Waals surface area contributed by atoms with Gasteiger partial charge in [-0.05, 0) is 18.7 Å². The first-order valence-corrected chi connectivity index (χ1v) is 4.06. The molecule has 0 aliphatic heterocycles. The van der Waals surface area contributed by atoms with Crippen LogP contribution in [0.5, 0.6) is 0 Å². The Hall–Kier alpha value is 0.144. The maximum atomic E-state index is 10.7. The molecule has 1 aromatic heterocycles. The van der Waals surface area contributed by atoms with Crippen LogP contribution in [0.15, 0.2) is 11.4 Å². The van der Waals surface area contributed by atoms with E-state index in [0.717, 1.165) is 5.56 Å². The summed E-state index contributed by atoms with van der Waals surface area (Å²) in [5.41, 5.74) is 0.789. The molecule has 61 valence electrons. The van der Waals surface area contributed by atoms with Gasteiger partial charge in [0.25, 0.3) is 0 Å². The predicted octanol–water partition coefficient (Wildman–Crippen LogP) is 1.33. The third-order valence-electron chi connectivity index (χ3n) is 1.28. The van der Waals surface area contributed by atoms with E-state index in [0.29, 0.717) is 11.3 Å². The van der Waals surface area contributed by atoms with Gasteiger partial charge in [0.1, 0.15) is 5.78 Å². The fourth-order valence-corrected chi connectivity index (χ4v) is 1.54.